The molecule has 0 amide bonds. The molecule has 10 heteroatoms. The fourth-order valence-corrected chi connectivity index (χ4v) is 3.20. The van der Waals surface area contributed by atoms with Gasteiger partial charge in [0.15, 0.2) is 11.0 Å². The lowest BCUT2D eigenvalue weighted by Gasteiger charge is -2.27. The first-order chi connectivity index (χ1) is 8.95. The SMILES string of the molecule is FC(F)(F)c1nnc2n1CCN(c1nc(Br)cs1)C2. The second kappa shape index (κ2) is 4.44. The van der Waals surface area contributed by atoms with Gasteiger partial charge in [-0.15, -0.1) is 21.5 Å². The van der Waals surface area contributed by atoms with E-state index in [1.54, 1.807) is 0 Å². The maximum atomic E-state index is 12.7. The Morgan fingerprint density at radius 3 is 2.68 bits per heavy atom. The smallest absolute Gasteiger partial charge is 0.339 e. The number of alkyl halides is 3. The zero-order chi connectivity index (χ0) is 13.6. The Kier molecular flexibility index (Phi) is 3.01. The second-order valence-electron chi connectivity index (χ2n) is 3.96. The Balaban J connectivity index is 1.88. The first-order valence-corrected chi connectivity index (χ1v) is 6.97. The topological polar surface area (TPSA) is 46.8 Å². The summed E-state index contributed by atoms with van der Waals surface area (Å²) in [6.07, 6.45) is -4.46. The van der Waals surface area contributed by atoms with E-state index in [1.165, 1.54) is 11.3 Å². The van der Waals surface area contributed by atoms with E-state index in [4.69, 9.17) is 0 Å². The molecule has 0 fully saturated rings. The minimum atomic E-state index is -4.46. The molecule has 0 spiro atoms. The summed E-state index contributed by atoms with van der Waals surface area (Å²) in [6, 6.07) is 0. The van der Waals surface area contributed by atoms with E-state index in [9.17, 15) is 13.2 Å². The largest absolute Gasteiger partial charge is 0.451 e. The molecule has 2 aromatic heterocycles. The minimum Gasteiger partial charge on any atom is -0.339 e. The van der Waals surface area contributed by atoms with Crippen molar-refractivity contribution in [1.29, 1.82) is 0 Å². The van der Waals surface area contributed by atoms with E-state index in [0.29, 0.717) is 12.4 Å². The fraction of sp³-hybridized carbons (Fsp3) is 0.444. The number of aromatic nitrogens is 4. The van der Waals surface area contributed by atoms with Crippen molar-refractivity contribution < 1.29 is 13.2 Å². The van der Waals surface area contributed by atoms with Crippen LogP contribution in [0.1, 0.15) is 11.6 Å². The van der Waals surface area contributed by atoms with Gasteiger partial charge in [0.05, 0.1) is 6.54 Å². The van der Waals surface area contributed by atoms with Crippen LogP contribution in [0.3, 0.4) is 0 Å². The molecule has 1 aliphatic heterocycles. The van der Waals surface area contributed by atoms with E-state index in [-0.39, 0.29) is 13.1 Å². The highest BCUT2D eigenvalue weighted by atomic mass is 79.9. The molecule has 102 valence electrons. The first-order valence-electron chi connectivity index (χ1n) is 5.30. The third kappa shape index (κ3) is 2.34. The van der Waals surface area contributed by atoms with E-state index in [2.05, 4.69) is 31.1 Å². The van der Waals surface area contributed by atoms with Crippen LogP contribution in [0, 0.1) is 0 Å². The van der Waals surface area contributed by atoms with E-state index < -0.39 is 12.0 Å². The van der Waals surface area contributed by atoms with Gasteiger partial charge in [-0.1, -0.05) is 0 Å². The lowest BCUT2D eigenvalue weighted by atomic mass is 10.3. The number of thiazole rings is 1. The molecule has 3 heterocycles. The number of rotatable bonds is 1. The average molecular weight is 354 g/mol. The van der Waals surface area contributed by atoms with Gasteiger partial charge in [0, 0.05) is 18.5 Å². The molecule has 5 nitrogen and oxygen atoms in total. The predicted molar refractivity (Wildman–Crippen MR) is 65.9 cm³/mol. The van der Waals surface area contributed by atoms with Crippen LogP contribution >= 0.6 is 27.3 Å². The van der Waals surface area contributed by atoms with Crippen LogP contribution in [0.25, 0.3) is 0 Å². The molecule has 2 aromatic rings. The molecule has 0 atom stereocenters. The van der Waals surface area contributed by atoms with Gasteiger partial charge >= 0.3 is 6.18 Å². The monoisotopic (exact) mass is 353 g/mol. The Bertz CT molecular complexity index is 607. The zero-order valence-electron chi connectivity index (χ0n) is 9.35. The predicted octanol–water partition coefficient (Wildman–Crippen LogP) is 2.54. The van der Waals surface area contributed by atoms with Crippen molar-refractivity contribution in [2.75, 3.05) is 11.4 Å². The van der Waals surface area contributed by atoms with Crippen LogP contribution in [-0.2, 0) is 19.3 Å². The van der Waals surface area contributed by atoms with Crippen LogP contribution in [0.15, 0.2) is 9.98 Å². The molecular formula is C9H7BrF3N5S. The van der Waals surface area contributed by atoms with Gasteiger partial charge in [-0.25, -0.2) is 4.98 Å². The van der Waals surface area contributed by atoms with E-state index in [0.717, 1.165) is 14.3 Å². The van der Waals surface area contributed by atoms with Gasteiger partial charge < -0.3 is 9.47 Å². The third-order valence-corrected chi connectivity index (χ3v) is 4.35. The number of anilines is 1. The van der Waals surface area contributed by atoms with Crippen LogP contribution in [0.2, 0.25) is 0 Å². The van der Waals surface area contributed by atoms with Crippen LogP contribution < -0.4 is 4.90 Å². The van der Waals surface area contributed by atoms with Gasteiger partial charge in [0.1, 0.15) is 4.60 Å². The fourth-order valence-electron chi connectivity index (χ4n) is 1.92. The summed E-state index contributed by atoms with van der Waals surface area (Å²) in [5.41, 5.74) is 0. The van der Waals surface area contributed by atoms with Crippen molar-refractivity contribution >= 4 is 32.4 Å². The highest BCUT2D eigenvalue weighted by Gasteiger charge is 2.39. The van der Waals surface area contributed by atoms with Crippen molar-refractivity contribution in [1.82, 2.24) is 19.7 Å². The van der Waals surface area contributed by atoms with Crippen molar-refractivity contribution in [3.63, 3.8) is 0 Å². The molecule has 0 aliphatic carbocycles. The van der Waals surface area contributed by atoms with Gasteiger partial charge in [-0.2, -0.15) is 13.2 Å². The van der Waals surface area contributed by atoms with E-state index in [1.807, 2.05) is 10.3 Å². The molecule has 3 rings (SSSR count). The number of nitrogens with zero attached hydrogens (tertiary/aromatic N) is 5. The highest BCUT2D eigenvalue weighted by molar-refractivity contribution is 9.10. The molecule has 0 radical (unpaired) electrons. The summed E-state index contributed by atoms with van der Waals surface area (Å²) < 4.78 is 39.9. The number of hydrogen-bond acceptors (Lipinski definition) is 5. The molecular weight excluding hydrogens is 347 g/mol. The molecule has 19 heavy (non-hydrogen) atoms. The molecule has 0 aromatic carbocycles. The molecule has 0 unspecified atom stereocenters. The van der Waals surface area contributed by atoms with Gasteiger partial charge in [-0.3, -0.25) is 0 Å². The zero-order valence-corrected chi connectivity index (χ0v) is 11.8. The standard InChI is InChI=1S/C9H7BrF3N5S/c10-5-4-19-8(14-5)17-1-2-18-6(3-17)15-16-7(18)9(11,12)13/h4H,1-3H2. The second-order valence-corrected chi connectivity index (χ2v) is 5.61. The summed E-state index contributed by atoms with van der Waals surface area (Å²) in [6.45, 7) is 0.936. The summed E-state index contributed by atoms with van der Waals surface area (Å²) in [5, 5.41) is 9.45. The van der Waals surface area contributed by atoms with Crippen molar-refractivity contribution in [2.24, 2.45) is 0 Å². The van der Waals surface area contributed by atoms with Crippen molar-refractivity contribution in [2.45, 2.75) is 19.3 Å². The maximum absolute atomic E-state index is 12.7. The summed E-state index contributed by atoms with van der Waals surface area (Å²) >= 11 is 4.68. The average Bonchev–Trinajstić information content (AvgIpc) is 2.92. The molecule has 0 saturated heterocycles. The Morgan fingerprint density at radius 1 is 1.26 bits per heavy atom. The van der Waals surface area contributed by atoms with Gasteiger partial charge in [0.2, 0.25) is 5.82 Å². The lowest BCUT2D eigenvalue weighted by Crippen LogP contribution is -2.35. The number of fused-ring (bicyclic) bond motifs is 1. The Morgan fingerprint density at radius 2 is 2.05 bits per heavy atom. The maximum Gasteiger partial charge on any atom is 0.451 e. The Labute approximate surface area is 118 Å². The quantitative estimate of drug-likeness (QED) is 0.790. The van der Waals surface area contributed by atoms with Crippen molar-refractivity contribution in [3.8, 4) is 0 Å². The normalized spacial score (nSPS) is 15.7. The van der Waals surface area contributed by atoms with Gasteiger partial charge in [-0.05, 0) is 15.9 Å². The van der Waals surface area contributed by atoms with Crippen LogP contribution in [0.5, 0.6) is 0 Å². The summed E-state index contributed by atoms with van der Waals surface area (Å²) in [5.74, 6) is -0.618. The highest BCUT2D eigenvalue weighted by Crippen LogP contribution is 2.31. The minimum absolute atomic E-state index is 0.203. The van der Waals surface area contributed by atoms with Gasteiger partial charge in [0.25, 0.3) is 0 Å². The molecule has 0 bridgehead atoms. The number of halogens is 4. The van der Waals surface area contributed by atoms with Crippen LogP contribution in [0.4, 0.5) is 18.3 Å². The van der Waals surface area contributed by atoms with Crippen LogP contribution in [-0.4, -0.2) is 26.3 Å². The lowest BCUT2D eigenvalue weighted by molar-refractivity contribution is -0.147. The summed E-state index contributed by atoms with van der Waals surface area (Å²) in [4.78, 5) is 6.13. The third-order valence-electron chi connectivity index (χ3n) is 2.74. The summed E-state index contributed by atoms with van der Waals surface area (Å²) in [7, 11) is 0. The first kappa shape index (κ1) is 12.9. The molecule has 0 N–H and O–H groups in total. The van der Waals surface area contributed by atoms with E-state index >= 15 is 0 Å². The molecule has 1 aliphatic rings. The number of hydrogen-bond donors (Lipinski definition) is 0. The molecule has 0 saturated carbocycles. The Hall–Kier alpha value is -1.16. The van der Waals surface area contributed by atoms with Crippen molar-refractivity contribution in [3.05, 3.63) is 21.6 Å².